The standard InChI is InChI=1S/C19H22N2O5/c1-19(2,3)18(23)20-14-7-6-8-15(13(14)11-22)26-17-10-12(24-4)9-16(21-17)25-5/h6-11H,1-5H3,(H,20,23). The van der Waals surface area contributed by atoms with Gasteiger partial charge in [0.15, 0.2) is 6.29 Å². The fraction of sp³-hybridized carbons (Fsp3) is 0.316. The lowest BCUT2D eigenvalue weighted by molar-refractivity contribution is -0.123. The quantitative estimate of drug-likeness (QED) is 0.793. The Bertz CT molecular complexity index is 790. The number of pyridine rings is 1. The molecule has 0 bridgehead atoms. The minimum absolute atomic E-state index is 0.198. The van der Waals surface area contributed by atoms with E-state index in [9.17, 15) is 9.59 Å². The van der Waals surface area contributed by atoms with Crippen LogP contribution < -0.4 is 19.5 Å². The van der Waals surface area contributed by atoms with Gasteiger partial charge in [0.25, 0.3) is 0 Å². The smallest absolute Gasteiger partial charge is 0.229 e. The van der Waals surface area contributed by atoms with Gasteiger partial charge in [-0.3, -0.25) is 9.59 Å². The van der Waals surface area contributed by atoms with E-state index in [1.54, 1.807) is 51.1 Å². The molecule has 1 aromatic carbocycles. The lowest BCUT2D eigenvalue weighted by Crippen LogP contribution is -2.28. The molecule has 2 rings (SSSR count). The SMILES string of the molecule is COc1cc(OC)nc(Oc2cccc(NC(=O)C(C)(C)C)c2C=O)c1. The molecule has 0 saturated carbocycles. The van der Waals surface area contributed by atoms with Gasteiger partial charge in [-0.1, -0.05) is 26.8 Å². The van der Waals surface area contributed by atoms with Crippen molar-refractivity contribution in [2.75, 3.05) is 19.5 Å². The summed E-state index contributed by atoms with van der Waals surface area (Å²) in [6.07, 6.45) is 0.630. The van der Waals surface area contributed by atoms with Crippen LogP contribution >= 0.6 is 0 Å². The van der Waals surface area contributed by atoms with Crippen molar-refractivity contribution in [3.05, 3.63) is 35.9 Å². The summed E-state index contributed by atoms with van der Waals surface area (Å²) in [7, 11) is 2.99. The number of nitrogens with zero attached hydrogens (tertiary/aromatic N) is 1. The van der Waals surface area contributed by atoms with Gasteiger partial charge in [0.2, 0.25) is 17.7 Å². The van der Waals surface area contributed by atoms with Crippen molar-refractivity contribution in [1.29, 1.82) is 0 Å². The molecule has 0 unspecified atom stereocenters. The Balaban J connectivity index is 2.37. The molecule has 0 atom stereocenters. The maximum absolute atomic E-state index is 12.2. The highest BCUT2D eigenvalue weighted by Crippen LogP contribution is 2.32. The molecule has 1 heterocycles. The van der Waals surface area contributed by atoms with Crippen LogP contribution in [0.15, 0.2) is 30.3 Å². The molecule has 138 valence electrons. The van der Waals surface area contributed by atoms with Gasteiger partial charge in [0, 0.05) is 17.5 Å². The van der Waals surface area contributed by atoms with E-state index in [0.29, 0.717) is 23.6 Å². The minimum Gasteiger partial charge on any atom is -0.496 e. The Morgan fingerprint density at radius 3 is 2.38 bits per heavy atom. The zero-order valence-electron chi connectivity index (χ0n) is 15.5. The molecule has 26 heavy (non-hydrogen) atoms. The van der Waals surface area contributed by atoms with Crippen LogP contribution in [0.5, 0.6) is 23.3 Å². The predicted octanol–water partition coefficient (Wildman–Crippen LogP) is 3.69. The Labute approximate surface area is 152 Å². The fourth-order valence-corrected chi connectivity index (χ4v) is 2.02. The lowest BCUT2D eigenvalue weighted by atomic mass is 9.95. The second kappa shape index (κ2) is 7.86. The van der Waals surface area contributed by atoms with Crippen molar-refractivity contribution in [3.8, 4) is 23.3 Å². The van der Waals surface area contributed by atoms with E-state index >= 15 is 0 Å². The third-order valence-corrected chi connectivity index (χ3v) is 3.52. The third-order valence-electron chi connectivity index (χ3n) is 3.52. The van der Waals surface area contributed by atoms with E-state index in [-0.39, 0.29) is 23.1 Å². The van der Waals surface area contributed by atoms with E-state index in [1.165, 1.54) is 14.2 Å². The van der Waals surface area contributed by atoms with Crippen LogP contribution in [-0.4, -0.2) is 31.4 Å². The molecule has 0 aliphatic carbocycles. The van der Waals surface area contributed by atoms with Gasteiger partial charge in [-0.05, 0) is 12.1 Å². The van der Waals surface area contributed by atoms with Crippen LogP contribution in [0.4, 0.5) is 5.69 Å². The molecular formula is C19H22N2O5. The number of anilines is 1. The first-order chi connectivity index (χ1) is 12.3. The third kappa shape index (κ3) is 4.50. The topological polar surface area (TPSA) is 86.8 Å². The van der Waals surface area contributed by atoms with Crippen LogP contribution in [0.1, 0.15) is 31.1 Å². The van der Waals surface area contributed by atoms with Crippen LogP contribution in [0.25, 0.3) is 0 Å². The summed E-state index contributed by atoms with van der Waals surface area (Å²) in [5.41, 5.74) is -0.0142. The maximum Gasteiger partial charge on any atom is 0.229 e. The number of aromatic nitrogens is 1. The van der Waals surface area contributed by atoms with Gasteiger partial charge in [0.05, 0.1) is 25.5 Å². The van der Waals surface area contributed by atoms with Crippen molar-refractivity contribution in [3.63, 3.8) is 0 Å². The van der Waals surface area contributed by atoms with Gasteiger partial charge < -0.3 is 19.5 Å². The van der Waals surface area contributed by atoms with Gasteiger partial charge in [-0.2, -0.15) is 4.98 Å². The van der Waals surface area contributed by atoms with Crippen LogP contribution in [0.2, 0.25) is 0 Å². The summed E-state index contributed by atoms with van der Waals surface area (Å²) in [6, 6.07) is 8.10. The molecule has 1 aromatic heterocycles. The molecular weight excluding hydrogens is 336 g/mol. The van der Waals surface area contributed by atoms with Crippen molar-refractivity contribution < 1.29 is 23.8 Å². The Kier molecular flexibility index (Phi) is 5.82. The molecule has 2 aromatic rings. The average molecular weight is 358 g/mol. The molecule has 0 radical (unpaired) electrons. The van der Waals surface area contributed by atoms with E-state index < -0.39 is 5.41 Å². The number of carbonyl (C=O) groups is 2. The second-order valence-electron chi connectivity index (χ2n) is 6.53. The summed E-state index contributed by atoms with van der Waals surface area (Å²) in [5.74, 6) is 1.05. The average Bonchev–Trinajstić information content (AvgIpc) is 2.60. The number of rotatable bonds is 6. The summed E-state index contributed by atoms with van der Waals surface area (Å²) < 4.78 is 16.0. The Hall–Kier alpha value is -3.09. The first-order valence-electron chi connectivity index (χ1n) is 7.96. The lowest BCUT2D eigenvalue weighted by Gasteiger charge is -2.19. The molecule has 0 aliphatic heterocycles. The zero-order valence-corrected chi connectivity index (χ0v) is 15.5. The number of benzene rings is 1. The largest absolute Gasteiger partial charge is 0.496 e. The van der Waals surface area contributed by atoms with Gasteiger partial charge in [-0.25, -0.2) is 0 Å². The van der Waals surface area contributed by atoms with Crippen molar-refractivity contribution in [2.24, 2.45) is 5.41 Å². The number of aldehydes is 1. The fourth-order valence-electron chi connectivity index (χ4n) is 2.02. The molecule has 0 fully saturated rings. The van der Waals surface area contributed by atoms with Crippen molar-refractivity contribution in [1.82, 2.24) is 4.98 Å². The molecule has 7 heteroatoms. The van der Waals surface area contributed by atoms with Crippen LogP contribution in [0, 0.1) is 5.41 Å². The summed E-state index contributed by atoms with van der Waals surface area (Å²) in [4.78, 5) is 28.0. The number of hydrogen-bond donors (Lipinski definition) is 1. The molecule has 0 spiro atoms. The van der Waals surface area contributed by atoms with Crippen molar-refractivity contribution in [2.45, 2.75) is 20.8 Å². The van der Waals surface area contributed by atoms with E-state index in [1.807, 2.05) is 0 Å². The first kappa shape index (κ1) is 19.2. The Morgan fingerprint density at radius 1 is 1.12 bits per heavy atom. The molecule has 1 N–H and O–H groups in total. The second-order valence-corrected chi connectivity index (χ2v) is 6.53. The Morgan fingerprint density at radius 2 is 1.81 bits per heavy atom. The predicted molar refractivity (Wildman–Crippen MR) is 97.3 cm³/mol. The highest BCUT2D eigenvalue weighted by molar-refractivity contribution is 6.00. The van der Waals surface area contributed by atoms with Gasteiger partial charge >= 0.3 is 0 Å². The van der Waals surface area contributed by atoms with E-state index in [2.05, 4.69) is 10.3 Å². The van der Waals surface area contributed by atoms with Crippen LogP contribution in [0.3, 0.4) is 0 Å². The number of hydrogen-bond acceptors (Lipinski definition) is 6. The molecule has 1 amide bonds. The number of ether oxygens (including phenoxy) is 3. The highest BCUT2D eigenvalue weighted by Gasteiger charge is 2.23. The van der Waals surface area contributed by atoms with Gasteiger partial charge in [-0.15, -0.1) is 0 Å². The highest BCUT2D eigenvalue weighted by atomic mass is 16.5. The maximum atomic E-state index is 12.2. The van der Waals surface area contributed by atoms with E-state index in [0.717, 1.165) is 0 Å². The minimum atomic E-state index is -0.598. The number of nitrogens with one attached hydrogen (secondary N) is 1. The van der Waals surface area contributed by atoms with E-state index in [4.69, 9.17) is 14.2 Å². The monoisotopic (exact) mass is 358 g/mol. The number of carbonyl (C=O) groups excluding carboxylic acids is 2. The molecule has 7 nitrogen and oxygen atoms in total. The van der Waals surface area contributed by atoms with Crippen LogP contribution in [-0.2, 0) is 4.79 Å². The molecule has 0 saturated heterocycles. The zero-order chi connectivity index (χ0) is 19.3. The van der Waals surface area contributed by atoms with Crippen molar-refractivity contribution >= 4 is 17.9 Å². The summed E-state index contributed by atoms with van der Waals surface area (Å²) >= 11 is 0. The molecule has 0 aliphatic rings. The number of amides is 1. The number of methoxy groups -OCH3 is 2. The summed E-state index contributed by atoms with van der Waals surface area (Å²) in [5, 5.41) is 2.75. The summed E-state index contributed by atoms with van der Waals surface area (Å²) in [6.45, 7) is 5.36. The normalized spacial score (nSPS) is 10.8. The first-order valence-corrected chi connectivity index (χ1v) is 7.96. The van der Waals surface area contributed by atoms with Gasteiger partial charge in [0.1, 0.15) is 11.5 Å².